The van der Waals surface area contributed by atoms with Crippen molar-refractivity contribution in [1.29, 1.82) is 0 Å². The molecule has 1 aromatic rings. The Morgan fingerprint density at radius 1 is 1.47 bits per heavy atom. The molecular weight excluding hydrogens is 280 g/mol. The van der Waals surface area contributed by atoms with Crippen LogP contribution in [0, 0.1) is 0 Å². The van der Waals surface area contributed by atoms with Gasteiger partial charge in [0, 0.05) is 17.9 Å². The fourth-order valence-electron chi connectivity index (χ4n) is 1.60. The number of hydrogen-bond acceptors (Lipinski definition) is 2. The topological polar surface area (TPSA) is 42.0 Å². The summed E-state index contributed by atoms with van der Waals surface area (Å²) in [5.74, 6) is 0.110. The highest BCUT2D eigenvalue weighted by molar-refractivity contribution is 9.09. The van der Waals surface area contributed by atoms with Crippen LogP contribution in [0.4, 0.5) is 0 Å². The molecule has 1 amide bonds. The van der Waals surface area contributed by atoms with Crippen LogP contribution in [0.3, 0.4) is 0 Å². The number of carbonyl (C=O) groups is 1. The average Bonchev–Trinajstić information content (AvgIpc) is 2.37. The number of aryl methyl sites for hydroxylation is 1. The maximum atomic E-state index is 11.5. The summed E-state index contributed by atoms with van der Waals surface area (Å²) in [5.41, 5.74) is 2.18. The van der Waals surface area contributed by atoms with Crippen LogP contribution in [-0.2, 0) is 17.8 Å². The number of nitrogens with zero attached hydrogens (tertiary/aromatic N) is 1. The van der Waals surface area contributed by atoms with E-state index in [-0.39, 0.29) is 5.91 Å². The van der Waals surface area contributed by atoms with E-state index in [1.54, 1.807) is 6.20 Å². The maximum absolute atomic E-state index is 11.5. The lowest BCUT2D eigenvalue weighted by atomic mass is 10.1. The second-order valence-corrected chi connectivity index (χ2v) is 4.68. The van der Waals surface area contributed by atoms with Crippen molar-refractivity contribution >= 4 is 21.8 Å². The Labute approximate surface area is 111 Å². The van der Waals surface area contributed by atoms with Crippen molar-refractivity contribution in [1.82, 2.24) is 10.3 Å². The van der Waals surface area contributed by atoms with E-state index in [0.29, 0.717) is 13.0 Å². The van der Waals surface area contributed by atoms with Crippen LogP contribution in [0.5, 0.6) is 0 Å². The van der Waals surface area contributed by atoms with Gasteiger partial charge >= 0.3 is 0 Å². The minimum atomic E-state index is 0.110. The van der Waals surface area contributed by atoms with Gasteiger partial charge in [0.1, 0.15) is 0 Å². The third-order valence-electron chi connectivity index (χ3n) is 2.61. The van der Waals surface area contributed by atoms with Crippen molar-refractivity contribution in [2.75, 3.05) is 5.33 Å². The van der Waals surface area contributed by atoms with E-state index < -0.39 is 0 Å². The van der Waals surface area contributed by atoms with E-state index in [0.717, 1.165) is 30.3 Å². The van der Waals surface area contributed by atoms with Gasteiger partial charge in [0.05, 0.1) is 12.2 Å². The maximum Gasteiger partial charge on any atom is 0.220 e. The Morgan fingerprint density at radius 2 is 2.29 bits per heavy atom. The first kappa shape index (κ1) is 14.2. The van der Waals surface area contributed by atoms with E-state index in [1.165, 1.54) is 5.56 Å². The SMILES string of the molecule is CCc1cccnc1CNC(=O)CCCCBr. The number of nitrogens with one attached hydrogen (secondary N) is 1. The van der Waals surface area contributed by atoms with Crippen molar-refractivity contribution in [3.63, 3.8) is 0 Å². The second kappa shape index (κ2) is 8.23. The largest absolute Gasteiger partial charge is 0.350 e. The number of pyridine rings is 1. The fraction of sp³-hybridized carbons (Fsp3) is 0.538. The molecule has 0 aromatic carbocycles. The molecule has 0 atom stereocenters. The predicted molar refractivity (Wildman–Crippen MR) is 73.1 cm³/mol. The van der Waals surface area contributed by atoms with Crippen molar-refractivity contribution in [2.45, 2.75) is 39.2 Å². The normalized spacial score (nSPS) is 10.2. The Balaban J connectivity index is 2.36. The highest BCUT2D eigenvalue weighted by Gasteiger charge is 2.04. The number of unbranched alkanes of at least 4 members (excludes halogenated alkanes) is 1. The summed E-state index contributed by atoms with van der Waals surface area (Å²) in [6, 6.07) is 3.99. The Morgan fingerprint density at radius 3 is 3.00 bits per heavy atom. The number of hydrogen-bond donors (Lipinski definition) is 1. The van der Waals surface area contributed by atoms with Gasteiger partial charge in [-0.3, -0.25) is 9.78 Å². The molecular formula is C13H19BrN2O. The van der Waals surface area contributed by atoms with E-state index in [2.05, 4.69) is 39.2 Å². The summed E-state index contributed by atoms with van der Waals surface area (Å²) in [6.45, 7) is 2.63. The summed E-state index contributed by atoms with van der Waals surface area (Å²) in [6.07, 6.45) is 5.28. The Bertz CT molecular complexity index is 355. The number of halogens is 1. The van der Waals surface area contributed by atoms with Gasteiger partial charge in [-0.2, -0.15) is 0 Å². The number of rotatable bonds is 7. The first-order valence-electron chi connectivity index (χ1n) is 6.03. The molecule has 17 heavy (non-hydrogen) atoms. The molecule has 0 unspecified atom stereocenters. The summed E-state index contributed by atoms with van der Waals surface area (Å²) in [7, 11) is 0. The minimum Gasteiger partial charge on any atom is -0.350 e. The highest BCUT2D eigenvalue weighted by atomic mass is 79.9. The van der Waals surface area contributed by atoms with Crippen LogP contribution in [0.15, 0.2) is 18.3 Å². The molecule has 0 saturated heterocycles. The summed E-state index contributed by atoms with van der Waals surface area (Å²) < 4.78 is 0. The Kier molecular flexibility index (Phi) is 6.86. The second-order valence-electron chi connectivity index (χ2n) is 3.89. The molecule has 1 heterocycles. The summed E-state index contributed by atoms with van der Waals surface area (Å²) >= 11 is 3.35. The van der Waals surface area contributed by atoms with Gasteiger partial charge in [0.15, 0.2) is 0 Å². The van der Waals surface area contributed by atoms with Gasteiger partial charge in [0.2, 0.25) is 5.91 Å². The van der Waals surface area contributed by atoms with Crippen molar-refractivity contribution in [2.24, 2.45) is 0 Å². The van der Waals surface area contributed by atoms with Crippen molar-refractivity contribution in [3.8, 4) is 0 Å². The lowest BCUT2D eigenvalue weighted by molar-refractivity contribution is -0.121. The molecule has 3 nitrogen and oxygen atoms in total. The van der Waals surface area contributed by atoms with Crippen LogP contribution < -0.4 is 5.32 Å². The quantitative estimate of drug-likeness (QED) is 0.621. The molecule has 1 aromatic heterocycles. The predicted octanol–water partition coefficient (Wildman–Crippen LogP) is 2.83. The van der Waals surface area contributed by atoms with Crippen LogP contribution in [-0.4, -0.2) is 16.2 Å². The summed E-state index contributed by atoms with van der Waals surface area (Å²) in [5, 5.41) is 3.87. The van der Waals surface area contributed by atoms with Gasteiger partial charge in [-0.15, -0.1) is 0 Å². The zero-order chi connectivity index (χ0) is 12.5. The van der Waals surface area contributed by atoms with Crippen LogP contribution in [0.1, 0.15) is 37.4 Å². The van der Waals surface area contributed by atoms with Crippen molar-refractivity contribution < 1.29 is 4.79 Å². The van der Waals surface area contributed by atoms with E-state index >= 15 is 0 Å². The third kappa shape index (κ3) is 5.31. The highest BCUT2D eigenvalue weighted by Crippen LogP contribution is 2.06. The van der Waals surface area contributed by atoms with E-state index in [9.17, 15) is 4.79 Å². The molecule has 94 valence electrons. The van der Waals surface area contributed by atoms with Gasteiger partial charge in [-0.1, -0.05) is 28.9 Å². The van der Waals surface area contributed by atoms with Gasteiger partial charge < -0.3 is 5.32 Å². The first-order valence-corrected chi connectivity index (χ1v) is 7.15. The molecule has 0 aliphatic heterocycles. The number of alkyl halides is 1. The monoisotopic (exact) mass is 298 g/mol. The molecule has 0 radical (unpaired) electrons. The smallest absolute Gasteiger partial charge is 0.220 e. The van der Waals surface area contributed by atoms with E-state index in [4.69, 9.17) is 0 Å². The molecule has 1 rings (SSSR count). The molecule has 0 aliphatic carbocycles. The molecule has 4 heteroatoms. The molecule has 1 N–H and O–H groups in total. The standard InChI is InChI=1S/C13H19BrN2O/c1-2-11-6-5-9-15-12(11)10-16-13(17)7-3-4-8-14/h5-6,9H,2-4,7-8,10H2,1H3,(H,16,17). The first-order chi connectivity index (χ1) is 8.27. The summed E-state index contributed by atoms with van der Waals surface area (Å²) in [4.78, 5) is 15.8. The molecule has 0 bridgehead atoms. The molecule has 0 saturated carbocycles. The Hall–Kier alpha value is -0.900. The number of carbonyl (C=O) groups excluding carboxylic acids is 1. The van der Waals surface area contributed by atoms with Gasteiger partial charge in [-0.25, -0.2) is 0 Å². The molecule has 0 fully saturated rings. The zero-order valence-electron chi connectivity index (χ0n) is 10.2. The van der Waals surface area contributed by atoms with Gasteiger partial charge in [-0.05, 0) is 30.9 Å². The van der Waals surface area contributed by atoms with Gasteiger partial charge in [0.25, 0.3) is 0 Å². The fourth-order valence-corrected chi connectivity index (χ4v) is 2.00. The minimum absolute atomic E-state index is 0.110. The van der Waals surface area contributed by atoms with Crippen LogP contribution in [0.2, 0.25) is 0 Å². The average molecular weight is 299 g/mol. The lowest BCUT2D eigenvalue weighted by Crippen LogP contribution is -2.23. The van der Waals surface area contributed by atoms with E-state index in [1.807, 2.05) is 6.07 Å². The third-order valence-corrected chi connectivity index (χ3v) is 3.17. The van der Waals surface area contributed by atoms with Crippen LogP contribution >= 0.6 is 15.9 Å². The van der Waals surface area contributed by atoms with Crippen LogP contribution in [0.25, 0.3) is 0 Å². The number of aromatic nitrogens is 1. The molecule has 0 aliphatic rings. The molecule has 0 spiro atoms. The lowest BCUT2D eigenvalue weighted by Gasteiger charge is -2.08. The van der Waals surface area contributed by atoms with Crippen molar-refractivity contribution in [3.05, 3.63) is 29.6 Å². The number of amides is 1. The zero-order valence-corrected chi connectivity index (χ0v) is 11.8.